The van der Waals surface area contributed by atoms with Crippen LogP contribution in [0.2, 0.25) is 0 Å². The Morgan fingerprint density at radius 2 is 1.44 bits per heavy atom. The summed E-state index contributed by atoms with van der Waals surface area (Å²) in [5.74, 6) is 0.459. The van der Waals surface area contributed by atoms with Gasteiger partial charge < -0.3 is 0 Å². The SMILES string of the molecule is O=C1CCCCC1c1c2ccccc2cc2c1ccc1ccccc12. The fraction of sp³-hybridized carbons (Fsp3) is 0.208. The fourth-order valence-corrected chi connectivity index (χ4v) is 4.52. The molecule has 1 aliphatic rings. The number of carbonyl (C=O) groups excluding carboxylic acids is 1. The minimum Gasteiger partial charge on any atom is -0.299 e. The highest BCUT2D eigenvalue weighted by Crippen LogP contribution is 2.41. The van der Waals surface area contributed by atoms with E-state index in [1.54, 1.807) is 0 Å². The predicted octanol–water partition coefficient (Wildman–Crippen LogP) is 6.37. The van der Waals surface area contributed by atoms with Gasteiger partial charge in [0.1, 0.15) is 5.78 Å². The number of carbonyl (C=O) groups is 1. The van der Waals surface area contributed by atoms with Crippen molar-refractivity contribution in [1.29, 1.82) is 0 Å². The number of benzene rings is 4. The molecule has 1 atom stereocenters. The molecule has 1 heteroatoms. The molecule has 0 saturated heterocycles. The molecule has 0 bridgehead atoms. The molecule has 25 heavy (non-hydrogen) atoms. The molecular formula is C24H20O. The summed E-state index contributed by atoms with van der Waals surface area (Å²) < 4.78 is 0. The van der Waals surface area contributed by atoms with Crippen molar-refractivity contribution in [2.75, 3.05) is 0 Å². The van der Waals surface area contributed by atoms with E-state index >= 15 is 0 Å². The van der Waals surface area contributed by atoms with Crippen LogP contribution in [0.3, 0.4) is 0 Å². The molecule has 1 nitrogen and oxygen atoms in total. The summed E-state index contributed by atoms with van der Waals surface area (Å²) in [4.78, 5) is 12.7. The summed E-state index contributed by atoms with van der Waals surface area (Å²) >= 11 is 0. The van der Waals surface area contributed by atoms with Crippen LogP contribution in [0.25, 0.3) is 32.3 Å². The van der Waals surface area contributed by atoms with Crippen LogP contribution in [0.4, 0.5) is 0 Å². The molecule has 0 N–H and O–H groups in total. The smallest absolute Gasteiger partial charge is 0.140 e. The fourth-order valence-electron chi connectivity index (χ4n) is 4.52. The summed E-state index contributed by atoms with van der Waals surface area (Å²) in [6.45, 7) is 0. The van der Waals surface area contributed by atoms with Crippen molar-refractivity contribution in [2.45, 2.75) is 31.6 Å². The van der Waals surface area contributed by atoms with E-state index in [1.807, 2.05) is 0 Å². The zero-order valence-electron chi connectivity index (χ0n) is 14.2. The van der Waals surface area contributed by atoms with Gasteiger partial charge in [-0.25, -0.2) is 0 Å². The second kappa shape index (κ2) is 5.70. The highest BCUT2D eigenvalue weighted by Gasteiger charge is 2.27. The van der Waals surface area contributed by atoms with Crippen molar-refractivity contribution in [3.05, 3.63) is 72.3 Å². The molecule has 1 saturated carbocycles. The third kappa shape index (κ3) is 2.26. The first-order valence-corrected chi connectivity index (χ1v) is 9.19. The topological polar surface area (TPSA) is 17.1 Å². The normalized spacial score (nSPS) is 18.2. The van der Waals surface area contributed by atoms with E-state index in [2.05, 4.69) is 66.7 Å². The van der Waals surface area contributed by atoms with E-state index in [0.717, 1.165) is 25.7 Å². The standard InChI is InChI=1S/C24H20O/c25-23-12-6-5-11-21(23)24-19-10-4-2-8-17(19)15-22-18-9-3-1-7-16(18)13-14-20(22)24/h1-4,7-10,13-15,21H,5-6,11-12H2. The van der Waals surface area contributed by atoms with Gasteiger partial charge in [0.2, 0.25) is 0 Å². The van der Waals surface area contributed by atoms with Crippen molar-refractivity contribution >= 4 is 38.1 Å². The number of rotatable bonds is 1. The van der Waals surface area contributed by atoms with Crippen LogP contribution < -0.4 is 0 Å². The molecule has 122 valence electrons. The summed E-state index contributed by atoms with van der Waals surface area (Å²) in [6, 6.07) is 23.8. The summed E-state index contributed by atoms with van der Waals surface area (Å²) in [5, 5.41) is 7.52. The molecule has 0 aromatic heterocycles. The lowest BCUT2D eigenvalue weighted by molar-refractivity contribution is -0.121. The Morgan fingerprint density at radius 1 is 0.680 bits per heavy atom. The lowest BCUT2D eigenvalue weighted by atomic mass is 9.78. The van der Waals surface area contributed by atoms with Crippen molar-refractivity contribution in [3.8, 4) is 0 Å². The maximum Gasteiger partial charge on any atom is 0.140 e. The van der Waals surface area contributed by atoms with Gasteiger partial charge in [-0.2, -0.15) is 0 Å². The number of hydrogen-bond donors (Lipinski definition) is 0. The van der Waals surface area contributed by atoms with E-state index in [1.165, 1.54) is 37.9 Å². The van der Waals surface area contributed by atoms with Gasteiger partial charge in [0.15, 0.2) is 0 Å². The van der Waals surface area contributed by atoms with Crippen LogP contribution in [0.15, 0.2) is 66.7 Å². The van der Waals surface area contributed by atoms with Crippen molar-refractivity contribution in [1.82, 2.24) is 0 Å². The van der Waals surface area contributed by atoms with Crippen molar-refractivity contribution in [2.24, 2.45) is 0 Å². The molecule has 0 aliphatic heterocycles. The van der Waals surface area contributed by atoms with Gasteiger partial charge in [-0.3, -0.25) is 4.79 Å². The van der Waals surface area contributed by atoms with Crippen LogP contribution in [0, 0.1) is 0 Å². The van der Waals surface area contributed by atoms with Gasteiger partial charge in [-0.05, 0) is 56.8 Å². The first-order valence-electron chi connectivity index (χ1n) is 9.19. The molecule has 5 rings (SSSR count). The van der Waals surface area contributed by atoms with Crippen LogP contribution in [0.5, 0.6) is 0 Å². The Balaban J connectivity index is 1.94. The highest BCUT2D eigenvalue weighted by atomic mass is 16.1. The lowest BCUT2D eigenvalue weighted by Crippen LogP contribution is -2.17. The molecule has 1 fully saturated rings. The molecule has 0 heterocycles. The maximum atomic E-state index is 12.7. The third-order valence-electron chi connectivity index (χ3n) is 5.71. The summed E-state index contributed by atoms with van der Waals surface area (Å²) in [6.07, 6.45) is 3.90. The Labute approximate surface area is 147 Å². The van der Waals surface area contributed by atoms with Gasteiger partial charge in [0.25, 0.3) is 0 Å². The Hall–Kier alpha value is -2.67. The van der Waals surface area contributed by atoms with Crippen molar-refractivity contribution in [3.63, 3.8) is 0 Å². The molecule has 0 spiro atoms. The van der Waals surface area contributed by atoms with E-state index in [-0.39, 0.29) is 5.92 Å². The van der Waals surface area contributed by atoms with Gasteiger partial charge in [0, 0.05) is 12.3 Å². The Morgan fingerprint density at radius 3 is 2.28 bits per heavy atom. The van der Waals surface area contributed by atoms with E-state index in [4.69, 9.17) is 0 Å². The molecule has 0 amide bonds. The van der Waals surface area contributed by atoms with E-state index < -0.39 is 0 Å². The molecular weight excluding hydrogens is 304 g/mol. The second-order valence-electron chi connectivity index (χ2n) is 7.16. The molecule has 0 radical (unpaired) electrons. The number of hydrogen-bond acceptors (Lipinski definition) is 1. The first-order chi connectivity index (χ1) is 12.3. The number of ketones is 1. The maximum absolute atomic E-state index is 12.7. The largest absolute Gasteiger partial charge is 0.299 e. The molecule has 1 aliphatic carbocycles. The van der Waals surface area contributed by atoms with Crippen LogP contribution in [-0.2, 0) is 4.79 Å². The monoisotopic (exact) mass is 324 g/mol. The quantitative estimate of drug-likeness (QED) is 0.293. The second-order valence-corrected chi connectivity index (χ2v) is 7.16. The number of fused-ring (bicyclic) bond motifs is 4. The Kier molecular flexibility index (Phi) is 3.34. The van der Waals surface area contributed by atoms with Gasteiger partial charge in [-0.15, -0.1) is 0 Å². The lowest BCUT2D eigenvalue weighted by Gasteiger charge is -2.24. The minimum atomic E-state index is 0.0449. The molecule has 1 unspecified atom stereocenters. The molecule has 4 aromatic carbocycles. The molecule has 4 aromatic rings. The predicted molar refractivity (Wildman–Crippen MR) is 105 cm³/mol. The van der Waals surface area contributed by atoms with Gasteiger partial charge in [-0.1, -0.05) is 67.1 Å². The zero-order valence-corrected chi connectivity index (χ0v) is 14.2. The zero-order chi connectivity index (χ0) is 16.8. The van der Waals surface area contributed by atoms with Crippen molar-refractivity contribution < 1.29 is 4.79 Å². The van der Waals surface area contributed by atoms with E-state index in [0.29, 0.717) is 5.78 Å². The van der Waals surface area contributed by atoms with Gasteiger partial charge in [0.05, 0.1) is 0 Å². The number of Topliss-reactive ketones (excluding diaryl/α,β-unsaturated/α-hetero) is 1. The highest BCUT2D eigenvalue weighted by molar-refractivity contribution is 6.15. The van der Waals surface area contributed by atoms with Crippen LogP contribution >= 0.6 is 0 Å². The minimum absolute atomic E-state index is 0.0449. The van der Waals surface area contributed by atoms with Crippen LogP contribution in [-0.4, -0.2) is 5.78 Å². The van der Waals surface area contributed by atoms with E-state index in [9.17, 15) is 4.79 Å². The average molecular weight is 324 g/mol. The van der Waals surface area contributed by atoms with Gasteiger partial charge >= 0.3 is 0 Å². The third-order valence-corrected chi connectivity index (χ3v) is 5.71. The average Bonchev–Trinajstić information content (AvgIpc) is 2.67. The first kappa shape index (κ1) is 14.7. The summed E-state index contributed by atoms with van der Waals surface area (Å²) in [7, 11) is 0. The summed E-state index contributed by atoms with van der Waals surface area (Å²) in [5.41, 5.74) is 1.25. The Bertz CT molecular complexity index is 1120. The van der Waals surface area contributed by atoms with Crippen LogP contribution in [0.1, 0.15) is 37.2 Å².